The number of aromatic nitrogens is 7. The van der Waals surface area contributed by atoms with Gasteiger partial charge in [-0.3, -0.25) is 9.88 Å². The van der Waals surface area contributed by atoms with E-state index in [4.69, 9.17) is 26.1 Å². The van der Waals surface area contributed by atoms with Gasteiger partial charge in [-0.2, -0.15) is 13.2 Å². The molecular weight excluding hydrogens is 666 g/mol. The maximum atomic E-state index is 14.9. The average molecular weight is 693 g/mol. The highest BCUT2D eigenvalue weighted by molar-refractivity contribution is 6.30. The van der Waals surface area contributed by atoms with Gasteiger partial charge < -0.3 is 19.0 Å². The van der Waals surface area contributed by atoms with Crippen LogP contribution >= 0.6 is 11.6 Å². The predicted molar refractivity (Wildman–Crippen MR) is 159 cm³/mol. The molecule has 0 bridgehead atoms. The van der Waals surface area contributed by atoms with E-state index in [-0.39, 0.29) is 46.4 Å². The van der Waals surface area contributed by atoms with Gasteiger partial charge in [0.05, 0.1) is 42.1 Å². The van der Waals surface area contributed by atoms with Crippen LogP contribution in [-0.2, 0) is 30.6 Å². The van der Waals surface area contributed by atoms with Gasteiger partial charge in [-0.05, 0) is 50.6 Å². The van der Waals surface area contributed by atoms with Gasteiger partial charge in [-0.25, -0.2) is 23.1 Å². The second-order valence-corrected chi connectivity index (χ2v) is 12.2. The third-order valence-corrected chi connectivity index (χ3v) is 8.77. The number of ether oxygens (including phenoxy) is 2. The number of piperidine rings is 1. The van der Waals surface area contributed by atoms with Crippen LogP contribution in [0.5, 0.6) is 5.88 Å². The molecule has 2 aliphatic heterocycles. The first-order valence-corrected chi connectivity index (χ1v) is 15.5. The van der Waals surface area contributed by atoms with Crippen molar-refractivity contribution in [1.29, 1.82) is 0 Å². The lowest BCUT2D eigenvalue weighted by Crippen LogP contribution is -2.35. The van der Waals surface area contributed by atoms with Crippen LogP contribution in [0.3, 0.4) is 0 Å². The van der Waals surface area contributed by atoms with Crippen molar-refractivity contribution >= 4 is 22.6 Å². The second-order valence-electron chi connectivity index (χ2n) is 11.7. The number of aromatic amines is 1. The number of alkyl halides is 3. The third-order valence-electron chi connectivity index (χ3n) is 8.53. The summed E-state index contributed by atoms with van der Waals surface area (Å²) < 4.78 is 95.9. The van der Waals surface area contributed by atoms with Gasteiger partial charge in [0.2, 0.25) is 5.82 Å². The Morgan fingerprint density at radius 2 is 1.77 bits per heavy atom. The first kappa shape index (κ1) is 32.3. The van der Waals surface area contributed by atoms with E-state index in [2.05, 4.69) is 30.0 Å². The number of hydrogen-bond donors (Lipinski definition) is 1. The Hall–Kier alpha value is -4.28. The number of nitrogens with zero attached hydrogens (tertiary/aromatic N) is 7. The summed E-state index contributed by atoms with van der Waals surface area (Å²) in [6.07, 6.45) is -1.21. The molecule has 0 unspecified atom stereocenters. The fourth-order valence-electron chi connectivity index (χ4n) is 5.86. The van der Waals surface area contributed by atoms with E-state index in [1.807, 2.05) is 4.57 Å². The third kappa shape index (κ3) is 6.69. The summed E-state index contributed by atoms with van der Waals surface area (Å²) in [5.74, 6) is -3.74. The van der Waals surface area contributed by atoms with Crippen LogP contribution in [0.1, 0.15) is 48.1 Å². The predicted octanol–water partition coefficient (Wildman–Crippen LogP) is 6.45. The highest BCUT2D eigenvalue weighted by Crippen LogP contribution is 2.33. The molecule has 1 atom stereocenters. The Kier molecular flexibility index (Phi) is 8.72. The zero-order valence-electron chi connectivity index (χ0n) is 25.1. The average Bonchev–Trinajstić information content (AvgIpc) is 3.65. The lowest BCUT2D eigenvalue weighted by Gasteiger charge is -2.32. The van der Waals surface area contributed by atoms with Crippen molar-refractivity contribution in [1.82, 2.24) is 39.6 Å². The van der Waals surface area contributed by atoms with Crippen LogP contribution in [0, 0.1) is 17.5 Å². The van der Waals surface area contributed by atoms with Crippen molar-refractivity contribution in [3.8, 4) is 17.4 Å². The van der Waals surface area contributed by atoms with Gasteiger partial charge >= 0.3 is 6.18 Å². The minimum atomic E-state index is -4.67. The van der Waals surface area contributed by atoms with Crippen molar-refractivity contribution in [2.75, 3.05) is 19.7 Å². The van der Waals surface area contributed by atoms with Crippen LogP contribution in [0.25, 0.3) is 22.6 Å². The molecule has 252 valence electrons. The number of benzene rings is 1. The Morgan fingerprint density at radius 3 is 2.46 bits per heavy atom. The Balaban J connectivity index is 1.06. The van der Waals surface area contributed by atoms with Crippen LogP contribution in [0.4, 0.5) is 26.3 Å². The largest absolute Gasteiger partial charge is 0.471 e. The van der Waals surface area contributed by atoms with Crippen molar-refractivity contribution in [2.24, 2.45) is 0 Å². The van der Waals surface area contributed by atoms with Gasteiger partial charge in [0.15, 0.2) is 11.6 Å². The van der Waals surface area contributed by atoms with E-state index in [1.54, 1.807) is 12.3 Å². The number of hydrogen-bond acceptors (Lipinski definition) is 8. The van der Waals surface area contributed by atoms with Crippen LogP contribution < -0.4 is 4.74 Å². The van der Waals surface area contributed by atoms with Crippen molar-refractivity contribution < 1.29 is 35.8 Å². The molecule has 6 heterocycles. The molecule has 10 nitrogen and oxygen atoms in total. The number of nitrogens with one attached hydrogen (secondary N) is 1. The van der Waals surface area contributed by atoms with Crippen molar-refractivity contribution in [3.63, 3.8) is 0 Å². The summed E-state index contributed by atoms with van der Waals surface area (Å²) >= 11 is 5.79. The minimum absolute atomic E-state index is 0.00435. The molecule has 1 aromatic carbocycles. The van der Waals surface area contributed by atoms with Gasteiger partial charge in [-0.1, -0.05) is 17.7 Å². The highest BCUT2D eigenvalue weighted by Gasteiger charge is 2.36. The van der Waals surface area contributed by atoms with E-state index < -0.39 is 35.3 Å². The molecule has 4 aromatic heterocycles. The van der Waals surface area contributed by atoms with Crippen molar-refractivity contribution in [3.05, 3.63) is 81.9 Å². The first-order chi connectivity index (χ1) is 23.0. The Bertz CT molecular complexity index is 1960. The zero-order valence-corrected chi connectivity index (χ0v) is 25.8. The van der Waals surface area contributed by atoms with Gasteiger partial charge in [0.1, 0.15) is 29.8 Å². The van der Waals surface area contributed by atoms with E-state index in [0.29, 0.717) is 62.5 Å². The number of H-pyrrole nitrogens is 1. The van der Waals surface area contributed by atoms with Crippen LogP contribution in [0.2, 0.25) is 5.02 Å². The molecule has 2 fully saturated rings. The monoisotopic (exact) mass is 692 g/mol. The van der Waals surface area contributed by atoms with Crippen LogP contribution in [-0.4, -0.2) is 65.4 Å². The molecule has 48 heavy (non-hydrogen) atoms. The van der Waals surface area contributed by atoms with Crippen molar-refractivity contribution in [2.45, 2.75) is 57.2 Å². The minimum Gasteiger partial charge on any atom is -0.471 e. The maximum Gasteiger partial charge on any atom is 0.451 e. The van der Waals surface area contributed by atoms with Crippen LogP contribution in [0.15, 0.2) is 36.5 Å². The maximum absolute atomic E-state index is 14.9. The molecule has 2 saturated heterocycles. The number of rotatable bonds is 9. The molecule has 1 N–H and O–H groups in total. The first-order valence-electron chi connectivity index (χ1n) is 15.1. The fourth-order valence-corrected chi connectivity index (χ4v) is 6.02. The summed E-state index contributed by atoms with van der Waals surface area (Å²) in [4.78, 5) is 17.6. The molecule has 0 radical (unpaired) electrons. The number of halogens is 7. The molecule has 5 aromatic rings. The zero-order chi connectivity index (χ0) is 33.6. The smallest absolute Gasteiger partial charge is 0.451 e. The quantitative estimate of drug-likeness (QED) is 0.176. The molecule has 0 spiro atoms. The molecule has 2 aliphatic rings. The van der Waals surface area contributed by atoms with E-state index in [1.165, 1.54) is 12.1 Å². The number of likely N-dealkylation sites (tertiary alicyclic amines) is 1. The number of pyridine rings is 2. The van der Waals surface area contributed by atoms with E-state index in [0.717, 1.165) is 18.6 Å². The molecule has 7 rings (SSSR count). The number of imidazole rings is 1. The second kappa shape index (κ2) is 13.0. The highest BCUT2D eigenvalue weighted by atomic mass is 35.5. The summed E-state index contributed by atoms with van der Waals surface area (Å²) in [6, 6.07) is 6.32. The molecule has 17 heteroatoms. The van der Waals surface area contributed by atoms with Gasteiger partial charge in [-0.15, -0.1) is 10.2 Å². The summed E-state index contributed by atoms with van der Waals surface area (Å²) in [6.45, 7) is 2.42. The Morgan fingerprint density at radius 1 is 0.979 bits per heavy atom. The lowest BCUT2D eigenvalue weighted by molar-refractivity contribution is -0.144. The van der Waals surface area contributed by atoms with Gasteiger partial charge in [0, 0.05) is 29.2 Å². The summed E-state index contributed by atoms with van der Waals surface area (Å²) in [5.41, 5.74) is 1.61. The number of fused-ring (bicyclic) bond motifs is 1. The normalized spacial score (nSPS) is 17.6. The Labute approximate surface area is 274 Å². The molecule has 0 amide bonds. The molecule has 0 saturated carbocycles. The SMILES string of the molecule is Fc1cc(Cl)ccc1COc1nc(C2CCN(Cc3nc4cc(-c5nnc(C(F)(F)F)[nH]5)ncc4n3C[C@@H]3CCO3)CC2)c(F)cc1F. The van der Waals surface area contributed by atoms with E-state index in [9.17, 15) is 26.3 Å². The summed E-state index contributed by atoms with van der Waals surface area (Å²) in [7, 11) is 0. The molecular formula is C31H27ClF6N8O2. The topological polar surface area (TPSA) is 107 Å². The summed E-state index contributed by atoms with van der Waals surface area (Å²) in [5, 5.41) is 6.99. The lowest BCUT2D eigenvalue weighted by atomic mass is 9.92. The van der Waals surface area contributed by atoms with E-state index >= 15 is 0 Å². The fraction of sp³-hybridized carbons (Fsp3) is 0.387. The molecule has 0 aliphatic carbocycles. The standard InChI is InChI=1S/C31H27ClF6N8O2/c32-18-2-1-17(20(33)9-18)15-48-29-22(35)10-21(34)27(41-29)16-3-6-45(7-4-16)14-26-40-23-11-24(28-42-30(44-43-28)31(36,37)38)39-12-25(23)46(26)13-19-5-8-47-19/h1-2,9-12,16,19H,3-8,13-15H2,(H,42,43,44)/t19-/m0/s1. The van der Waals surface area contributed by atoms with Gasteiger partial charge in [0.25, 0.3) is 5.88 Å².